The molecule has 104 valence electrons. The van der Waals surface area contributed by atoms with Crippen LogP contribution < -0.4 is 0 Å². The average Bonchev–Trinajstić information content (AvgIpc) is 2.93. The molecule has 4 nitrogen and oxygen atoms in total. The summed E-state index contributed by atoms with van der Waals surface area (Å²) in [6.45, 7) is 0. The van der Waals surface area contributed by atoms with Crippen molar-refractivity contribution in [3.05, 3.63) is 54.0 Å². The van der Waals surface area contributed by atoms with Gasteiger partial charge in [0.1, 0.15) is 6.07 Å². The summed E-state index contributed by atoms with van der Waals surface area (Å²) in [7, 11) is 0. The Bertz CT molecular complexity index is 841. The topological polar surface area (TPSA) is 54.0 Å². The second kappa shape index (κ2) is 4.59. The fourth-order valence-corrected chi connectivity index (χ4v) is 2.01. The van der Waals surface area contributed by atoms with Crippen LogP contribution in [0, 0.1) is 11.3 Å². The highest BCUT2D eigenvalue weighted by atomic mass is 19.4. The predicted molar refractivity (Wildman–Crippen MR) is 68.1 cm³/mol. The fourth-order valence-electron chi connectivity index (χ4n) is 2.01. The van der Waals surface area contributed by atoms with E-state index in [0.717, 1.165) is 12.1 Å². The molecule has 0 aliphatic carbocycles. The molecule has 0 saturated heterocycles. The Morgan fingerprint density at radius 1 is 1.10 bits per heavy atom. The fraction of sp³-hybridized carbons (Fsp3) is 0.0714. The highest BCUT2D eigenvalue weighted by Crippen LogP contribution is 2.31. The molecule has 0 N–H and O–H groups in total. The van der Waals surface area contributed by atoms with Crippen molar-refractivity contribution in [3.8, 4) is 17.3 Å². The first-order chi connectivity index (χ1) is 9.99. The molecule has 1 aromatic carbocycles. The lowest BCUT2D eigenvalue weighted by molar-refractivity contribution is -0.137. The van der Waals surface area contributed by atoms with Crippen molar-refractivity contribution in [2.75, 3.05) is 0 Å². The first kappa shape index (κ1) is 13.1. The summed E-state index contributed by atoms with van der Waals surface area (Å²) in [4.78, 5) is 4.15. The molecule has 0 unspecified atom stereocenters. The molecule has 0 spiro atoms. The summed E-state index contributed by atoms with van der Waals surface area (Å²) in [6, 6.07) is 8.23. The minimum atomic E-state index is -4.38. The number of nitrogens with zero attached hydrogens (tertiary/aromatic N) is 4. The summed E-state index contributed by atoms with van der Waals surface area (Å²) in [5.74, 6) is 0. The average molecular weight is 288 g/mol. The third-order valence-electron chi connectivity index (χ3n) is 2.99. The Morgan fingerprint density at radius 3 is 2.43 bits per heavy atom. The second-order valence-corrected chi connectivity index (χ2v) is 4.32. The van der Waals surface area contributed by atoms with Crippen molar-refractivity contribution in [1.82, 2.24) is 14.6 Å². The van der Waals surface area contributed by atoms with Gasteiger partial charge >= 0.3 is 6.18 Å². The van der Waals surface area contributed by atoms with Crippen LogP contribution in [0.15, 0.2) is 42.7 Å². The van der Waals surface area contributed by atoms with Crippen molar-refractivity contribution in [1.29, 1.82) is 5.26 Å². The molecule has 7 heteroatoms. The van der Waals surface area contributed by atoms with Crippen LogP contribution in [0.5, 0.6) is 0 Å². The summed E-state index contributed by atoms with van der Waals surface area (Å²) in [5, 5.41) is 13.0. The molecule has 0 radical (unpaired) electrons. The number of rotatable bonds is 1. The molecule has 21 heavy (non-hydrogen) atoms. The van der Waals surface area contributed by atoms with Crippen molar-refractivity contribution in [2.45, 2.75) is 6.18 Å². The smallest absolute Gasteiger partial charge is 0.236 e. The Kier molecular flexibility index (Phi) is 2.87. The molecule has 0 aliphatic heterocycles. The van der Waals surface area contributed by atoms with E-state index in [9.17, 15) is 13.2 Å². The Balaban J connectivity index is 2.16. The number of hydrogen-bond acceptors (Lipinski definition) is 3. The normalized spacial score (nSPS) is 11.5. The Hall–Kier alpha value is -2.88. The summed E-state index contributed by atoms with van der Waals surface area (Å²) in [6.07, 6.45) is -1.39. The van der Waals surface area contributed by atoms with Gasteiger partial charge in [-0.3, -0.25) is 0 Å². The monoisotopic (exact) mass is 288 g/mol. The zero-order chi connectivity index (χ0) is 15.0. The first-order valence-corrected chi connectivity index (χ1v) is 5.91. The van der Waals surface area contributed by atoms with Gasteiger partial charge in [0.15, 0.2) is 5.69 Å². The van der Waals surface area contributed by atoms with E-state index in [1.54, 1.807) is 6.07 Å². The van der Waals surface area contributed by atoms with Gasteiger partial charge in [-0.25, -0.2) is 9.50 Å². The lowest BCUT2D eigenvalue weighted by Gasteiger charge is -2.08. The van der Waals surface area contributed by atoms with Crippen LogP contribution in [0.2, 0.25) is 0 Å². The maximum absolute atomic E-state index is 12.6. The van der Waals surface area contributed by atoms with E-state index in [0.29, 0.717) is 16.8 Å². The van der Waals surface area contributed by atoms with Crippen LogP contribution in [0.3, 0.4) is 0 Å². The number of benzene rings is 1. The second-order valence-electron chi connectivity index (χ2n) is 4.32. The number of nitriles is 1. The minimum Gasteiger partial charge on any atom is -0.236 e. The third-order valence-corrected chi connectivity index (χ3v) is 2.99. The molecule has 2 aromatic heterocycles. The SMILES string of the molecule is N#Cc1cn2nccc2c(-c2ccc(C(F)(F)F)cc2)n1. The van der Waals surface area contributed by atoms with Gasteiger partial charge in [-0.05, 0) is 18.2 Å². The highest BCUT2D eigenvalue weighted by Gasteiger charge is 2.30. The summed E-state index contributed by atoms with van der Waals surface area (Å²) < 4.78 is 39.2. The number of aromatic nitrogens is 3. The molecular formula is C14H7F3N4. The van der Waals surface area contributed by atoms with Gasteiger partial charge in [0.2, 0.25) is 0 Å². The van der Waals surface area contributed by atoms with Crippen molar-refractivity contribution < 1.29 is 13.2 Å². The molecule has 0 amide bonds. The number of hydrogen-bond donors (Lipinski definition) is 0. The van der Waals surface area contributed by atoms with Gasteiger partial charge in [-0.2, -0.15) is 23.5 Å². The lowest BCUT2D eigenvalue weighted by atomic mass is 10.1. The quantitative estimate of drug-likeness (QED) is 0.690. The third kappa shape index (κ3) is 2.31. The van der Waals surface area contributed by atoms with Crippen LogP contribution in [-0.4, -0.2) is 14.6 Å². The number of alkyl halides is 3. The van der Waals surface area contributed by atoms with Crippen molar-refractivity contribution in [3.63, 3.8) is 0 Å². The van der Waals surface area contributed by atoms with Gasteiger partial charge in [-0.15, -0.1) is 0 Å². The van der Waals surface area contributed by atoms with Crippen LogP contribution in [0.1, 0.15) is 11.3 Å². The largest absolute Gasteiger partial charge is 0.416 e. The van der Waals surface area contributed by atoms with E-state index in [4.69, 9.17) is 5.26 Å². The highest BCUT2D eigenvalue weighted by molar-refractivity contribution is 5.76. The lowest BCUT2D eigenvalue weighted by Crippen LogP contribution is -2.04. The van der Waals surface area contributed by atoms with Crippen LogP contribution in [0.4, 0.5) is 13.2 Å². The van der Waals surface area contributed by atoms with Crippen LogP contribution in [-0.2, 0) is 6.18 Å². The maximum Gasteiger partial charge on any atom is 0.416 e. The molecule has 0 fully saturated rings. The predicted octanol–water partition coefficient (Wildman–Crippen LogP) is 3.29. The van der Waals surface area contributed by atoms with E-state index in [-0.39, 0.29) is 5.69 Å². The van der Waals surface area contributed by atoms with Crippen LogP contribution >= 0.6 is 0 Å². The number of halogens is 3. The molecule has 0 bridgehead atoms. The van der Waals surface area contributed by atoms with E-state index < -0.39 is 11.7 Å². The number of fused-ring (bicyclic) bond motifs is 1. The van der Waals surface area contributed by atoms with Crippen molar-refractivity contribution in [2.24, 2.45) is 0 Å². The molecule has 0 saturated carbocycles. The molecular weight excluding hydrogens is 281 g/mol. The zero-order valence-electron chi connectivity index (χ0n) is 10.5. The van der Waals surface area contributed by atoms with Crippen molar-refractivity contribution >= 4 is 5.52 Å². The standard InChI is InChI=1S/C14H7F3N4/c15-14(16,17)10-3-1-9(2-4-10)13-12-5-6-19-21(12)8-11(7-18)20-13/h1-6,8H. The van der Waals surface area contributed by atoms with E-state index in [1.165, 1.54) is 29.0 Å². The van der Waals surface area contributed by atoms with Gasteiger partial charge in [-0.1, -0.05) is 12.1 Å². The van der Waals surface area contributed by atoms with Gasteiger partial charge in [0.25, 0.3) is 0 Å². The van der Waals surface area contributed by atoms with E-state index in [2.05, 4.69) is 10.1 Å². The molecule has 0 aliphatic rings. The molecule has 3 aromatic rings. The molecule has 2 heterocycles. The van der Waals surface area contributed by atoms with Crippen LogP contribution in [0.25, 0.3) is 16.8 Å². The summed E-state index contributed by atoms with van der Waals surface area (Å²) >= 11 is 0. The Labute approximate surface area is 117 Å². The molecule has 3 rings (SSSR count). The Morgan fingerprint density at radius 2 is 1.81 bits per heavy atom. The van der Waals surface area contributed by atoms with Gasteiger partial charge in [0, 0.05) is 5.56 Å². The van der Waals surface area contributed by atoms with Gasteiger partial charge in [0.05, 0.1) is 29.2 Å². The molecule has 0 atom stereocenters. The van der Waals surface area contributed by atoms with E-state index in [1.807, 2.05) is 6.07 Å². The first-order valence-electron chi connectivity index (χ1n) is 5.91. The maximum atomic E-state index is 12.6. The van der Waals surface area contributed by atoms with E-state index >= 15 is 0 Å². The zero-order valence-corrected chi connectivity index (χ0v) is 10.5. The van der Waals surface area contributed by atoms with Gasteiger partial charge < -0.3 is 0 Å². The minimum absolute atomic E-state index is 0.140. The summed E-state index contributed by atoms with van der Waals surface area (Å²) in [5.41, 5.74) is 0.938.